The lowest BCUT2D eigenvalue weighted by molar-refractivity contribution is 0.809. The van der Waals surface area contributed by atoms with Crippen molar-refractivity contribution in [1.82, 2.24) is 15.0 Å². The number of rotatable bonds is 3. The summed E-state index contributed by atoms with van der Waals surface area (Å²) in [5, 5.41) is 3.63. The number of nitrogens with zero attached hydrogens (tertiary/aromatic N) is 3. The number of aryl methyl sites for hydroxylation is 2. The average molecular weight is 282 g/mol. The molecule has 0 aliphatic rings. The molecule has 0 amide bonds. The predicted molar refractivity (Wildman–Crippen MR) is 75.5 cm³/mol. The molecule has 0 aromatic carbocycles. The minimum atomic E-state index is 0.341. The molecule has 2 heterocycles. The fraction of sp³-hybridized carbons (Fsp3) is 0.462. The maximum Gasteiger partial charge on any atom is 0.137 e. The van der Waals surface area contributed by atoms with Crippen molar-refractivity contribution in [3.8, 4) is 0 Å². The Balaban J connectivity index is 2.30. The van der Waals surface area contributed by atoms with Crippen molar-refractivity contribution in [3.05, 3.63) is 38.3 Å². The van der Waals surface area contributed by atoms with Crippen molar-refractivity contribution in [2.75, 3.05) is 0 Å². The maximum atomic E-state index is 6.23. The molecule has 5 heteroatoms. The summed E-state index contributed by atoms with van der Waals surface area (Å²) in [6.45, 7) is 8.17. The lowest BCUT2D eigenvalue weighted by atomic mass is 10.0. The van der Waals surface area contributed by atoms with E-state index < -0.39 is 0 Å². The molecule has 0 saturated carbocycles. The van der Waals surface area contributed by atoms with Gasteiger partial charge in [0.25, 0.3) is 0 Å². The molecule has 0 aliphatic heterocycles. The Morgan fingerprint density at radius 3 is 2.44 bits per heavy atom. The summed E-state index contributed by atoms with van der Waals surface area (Å²) in [5.74, 6) is 1.09. The molecule has 3 nitrogen and oxygen atoms in total. The number of aromatic nitrogens is 3. The van der Waals surface area contributed by atoms with Gasteiger partial charge in [-0.2, -0.15) is 0 Å². The molecule has 0 saturated heterocycles. The van der Waals surface area contributed by atoms with Crippen molar-refractivity contribution in [2.24, 2.45) is 0 Å². The van der Waals surface area contributed by atoms with E-state index in [0.717, 1.165) is 27.8 Å². The molecule has 0 unspecified atom stereocenters. The summed E-state index contributed by atoms with van der Waals surface area (Å²) >= 11 is 7.87. The summed E-state index contributed by atoms with van der Waals surface area (Å²) in [6.07, 6.45) is 0.650. The fourth-order valence-electron chi connectivity index (χ4n) is 1.96. The van der Waals surface area contributed by atoms with Crippen LogP contribution in [0.4, 0.5) is 0 Å². The van der Waals surface area contributed by atoms with Gasteiger partial charge in [0.05, 0.1) is 6.42 Å². The molecule has 0 bridgehead atoms. The molecular formula is C13H16ClN3S. The number of thiazole rings is 1. The van der Waals surface area contributed by atoms with Gasteiger partial charge in [-0.25, -0.2) is 15.0 Å². The standard InChI is InChI=1S/C13H16ClN3S/c1-7(2)12-9(4)16-10(17-13(12)14)5-11-15-8(3)6-18-11/h6-7H,5H2,1-4H3. The molecule has 2 aromatic rings. The van der Waals surface area contributed by atoms with Crippen molar-refractivity contribution >= 4 is 22.9 Å². The van der Waals surface area contributed by atoms with Crippen LogP contribution >= 0.6 is 22.9 Å². The summed E-state index contributed by atoms with van der Waals surface area (Å²) in [7, 11) is 0. The summed E-state index contributed by atoms with van der Waals surface area (Å²) in [5.41, 5.74) is 3.04. The van der Waals surface area contributed by atoms with Gasteiger partial charge in [-0.1, -0.05) is 25.4 Å². The monoisotopic (exact) mass is 281 g/mol. The van der Waals surface area contributed by atoms with Gasteiger partial charge in [-0.05, 0) is 19.8 Å². The topological polar surface area (TPSA) is 38.7 Å². The molecule has 0 atom stereocenters. The number of hydrogen-bond acceptors (Lipinski definition) is 4. The Bertz CT molecular complexity index is 540. The van der Waals surface area contributed by atoms with Gasteiger partial charge in [0, 0.05) is 22.3 Å². The Labute approximate surface area is 116 Å². The van der Waals surface area contributed by atoms with Crippen LogP contribution in [-0.2, 0) is 6.42 Å². The molecule has 0 aliphatic carbocycles. The normalized spacial score (nSPS) is 11.2. The molecule has 0 radical (unpaired) electrons. The first kappa shape index (κ1) is 13.4. The van der Waals surface area contributed by atoms with E-state index in [0.29, 0.717) is 17.5 Å². The highest BCUT2D eigenvalue weighted by atomic mass is 35.5. The van der Waals surface area contributed by atoms with Crippen LogP contribution in [0.25, 0.3) is 0 Å². The van der Waals surface area contributed by atoms with Crippen LogP contribution in [0.1, 0.15) is 47.5 Å². The third kappa shape index (κ3) is 2.87. The smallest absolute Gasteiger partial charge is 0.137 e. The lowest BCUT2D eigenvalue weighted by Crippen LogP contribution is -2.05. The number of hydrogen-bond donors (Lipinski definition) is 0. The maximum absolute atomic E-state index is 6.23. The lowest BCUT2D eigenvalue weighted by Gasteiger charge is -2.11. The Morgan fingerprint density at radius 2 is 1.94 bits per heavy atom. The van der Waals surface area contributed by atoms with Crippen LogP contribution in [0.3, 0.4) is 0 Å². The summed E-state index contributed by atoms with van der Waals surface area (Å²) in [6, 6.07) is 0. The molecule has 0 fully saturated rings. The van der Waals surface area contributed by atoms with Gasteiger partial charge in [0.2, 0.25) is 0 Å². The highest BCUT2D eigenvalue weighted by molar-refractivity contribution is 7.09. The summed E-state index contributed by atoms with van der Waals surface area (Å²) < 4.78 is 0. The van der Waals surface area contributed by atoms with Crippen LogP contribution in [0, 0.1) is 13.8 Å². The first-order chi connectivity index (χ1) is 8.47. The molecule has 2 aromatic heterocycles. The zero-order valence-corrected chi connectivity index (χ0v) is 12.6. The first-order valence-corrected chi connectivity index (χ1v) is 7.17. The van der Waals surface area contributed by atoms with Crippen molar-refractivity contribution in [3.63, 3.8) is 0 Å². The third-order valence-electron chi connectivity index (χ3n) is 2.69. The Hall–Kier alpha value is -1.00. The van der Waals surface area contributed by atoms with E-state index in [1.807, 2.05) is 19.2 Å². The minimum Gasteiger partial charge on any atom is -0.246 e. The minimum absolute atomic E-state index is 0.341. The van der Waals surface area contributed by atoms with Crippen LogP contribution in [0.2, 0.25) is 5.15 Å². The quantitative estimate of drug-likeness (QED) is 0.801. The zero-order valence-electron chi connectivity index (χ0n) is 11.0. The van der Waals surface area contributed by atoms with Gasteiger partial charge < -0.3 is 0 Å². The SMILES string of the molecule is Cc1csc(Cc2nc(C)c(C(C)C)c(Cl)n2)n1. The molecular weight excluding hydrogens is 266 g/mol. The second kappa shape index (κ2) is 5.33. The van der Waals surface area contributed by atoms with Crippen LogP contribution in [0.5, 0.6) is 0 Å². The van der Waals surface area contributed by atoms with E-state index in [1.54, 1.807) is 11.3 Å². The largest absolute Gasteiger partial charge is 0.246 e. The third-order valence-corrected chi connectivity index (χ3v) is 3.94. The van der Waals surface area contributed by atoms with Crippen molar-refractivity contribution < 1.29 is 0 Å². The zero-order chi connectivity index (χ0) is 13.3. The molecule has 96 valence electrons. The van der Waals surface area contributed by atoms with Crippen LogP contribution in [0.15, 0.2) is 5.38 Å². The van der Waals surface area contributed by atoms with Crippen LogP contribution < -0.4 is 0 Å². The van der Waals surface area contributed by atoms with E-state index in [-0.39, 0.29) is 0 Å². The average Bonchev–Trinajstić information content (AvgIpc) is 2.62. The molecule has 18 heavy (non-hydrogen) atoms. The highest BCUT2D eigenvalue weighted by Crippen LogP contribution is 2.25. The predicted octanol–water partition coefficient (Wildman–Crippen LogP) is 3.92. The van der Waals surface area contributed by atoms with Crippen molar-refractivity contribution in [2.45, 2.75) is 40.0 Å². The van der Waals surface area contributed by atoms with Gasteiger partial charge in [-0.3, -0.25) is 0 Å². The van der Waals surface area contributed by atoms with Gasteiger partial charge in [-0.15, -0.1) is 11.3 Å². The van der Waals surface area contributed by atoms with E-state index in [2.05, 4.69) is 28.8 Å². The van der Waals surface area contributed by atoms with E-state index in [4.69, 9.17) is 11.6 Å². The second-order valence-electron chi connectivity index (χ2n) is 4.64. The van der Waals surface area contributed by atoms with Gasteiger partial charge >= 0.3 is 0 Å². The second-order valence-corrected chi connectivity index (χ2v) is 5.94. The molecule has 0 N–H and O–H groups in total. The molecule has 2 rings (SSSR count). The summed E-state index contributed by atoms with van der Waals surface area (Å²) in [4.78, 5) is 13.3. The van der Waals surface area contributed by atoms with E-state index >= 15 is 0 Å². The Kier molecular flexibility index (Phi) is 3.97. The van der Waals surface area contributed by atoms with Gasteiger partial charge in [0.15, 0.2) is 0 Å². The molecule has 0 spiro atoms. The van der Waals surface area contributed by atoms with E-state index in [1.165, 1.54) is 0 Å². The van der Waals surface area contributed by atoms with Crippen LogP contribution in [-0.4, -0.2) is 15.0 Å². The fourth-order valence-corrected chi connectivity index (χ4v) is 3.18. The number of halogens is 1. The first-order valence-electron chi connectivity index (χ1n) is 5.91. The van der Waals surface area contributed by atoms with Gasteiger partial charge in [0.1, 0.15) is 16.0 Å². The van der Waals surface area contributed by atoms with E-state index in [9.17, 15) is 0 Å². The highest BCUT2D eigenvalue weighted by Gasteiger charge is 2.14. The Morgan fingerprint density at radius 1 is 1.22 bits per heavy atom. The van der Waals surface area contributed by atoms with Crippen molar-refractivity contribution in [1.29, 1.82) is 0 Å².